The van der Waals surface area contributed by atoms with E-state index in [4.69, 9.17) is 9.47 Å². The third kappa shape index (κ3) is 19.3. The van der Waals surface area contributed by atoms with Crippen molar-refractivity contribution < 1.29 is 48.9 Å². The van der Waals surface area contributed by atoms with Gasteiger partial charge in [-0.25, -0.2) is 0 Å². The molecule has 1 aromatic carbocycles. The number of carbonyl (C=O) groups is 1. The van der Waals surface area contributed by atoms with Crippen LogP contribution in [-0.2, 0) is 11.3 Å². The van der Waals surface area contributed by atoms with Gasteiger partial charge in [-0.15, -0.1) is 0 Å². The van der Waals surface area contributed by atoms with Crippen molar-refractivity contribution >= 4 is 5.97 Å². The van der Waals surface area contributed by atoms with Gasteiger partial charge in [0.2, 0.25) is 0 Å². The molecule has 0 heterocycles. The zero-order valence-corrected chi connectivity index (χ0v) is 25.2. The molecule has 0 aliphatic heterocycles. The fourth-order valence-electron chi connectivity index (χ4n) is 4.23. The predicted octanol–water partition coefficient (Wildman–Crippen LogP) is 5.01. The first kappa shape index (κ1) is 34.5. The van der Waals surface area contributed by atoms with Gasteiger partial charge in [0.1, 0.15) is 5.75 Å². The number of aromatic carboxylic acids is 1. The van der Waals surface area contributed by atoms with Crippen LogP contribution in [0.2, 0.25) is 0 Å². The average Bonchev–Trinajstić information content (AvgIpc) is 2.84. The second-order valence-electron chi connectivity index (χ2n) is 9.67. The summed E-state index contributed by atoms with van der Waals surface area (Å²) in [6.07, 6.45) is 23.0. The van der Waals surface area contributed by atoms with E-state index in [1.165, 1.54) is 96.3 Å². The average molecular weight is 499 g/mol. The molecule has 0 aliphatic rings. The van der Waals surface area contributed by atoms with Crippen LogP contribution in [0.5, 0.6) is 5.75 Å². The quantitative estimate of drug-likeness (QED) is 0.148. The Balaban J connectivity index is 0.0000116. The number of hydrogen-bond donors (Lipinski definition) is 0. The molecule has 1 aromatic rings. The Hall–Kier alpha value is -0.550. The molecule has 5 heteroatoms. The number of hydrogen-bond acceptors (Lipinski definition) is 4. The first-order chi connectivity index (χ1) is 16.7. The molecule has 1 rings (SSSR count). The summed E-state index contributed by atoms with van der Waals surface area (Å²) in [5.74, 6) is -0.552. The number of carboxylic acid groups (broad SMARTS) is 1. The largest absolute Gasteiger partial charge is 1.00 e. The number of carboxylic acids is 1. The third-order valence-corrected chi connectivity index (χ3v) is 6.46. The molecule has 0 bridgehead atoms. The van der Waals surface area contributed by atoms with Crippen molar-refractivity contribution in [1.29, 1.82) is 0 Å². The van der Waals surface area contributed by atoms with E-state index < -0.39 is 5.97 Å². The Morgan fingerprint density at radius 1 is 0.686 bits per heavy atom. The van der Waals surface area contributed by atoms with Crippen LogP contribution in [0.3, 0.4) is 0 Å². The number of benzene rings is 1. The van der Waals surface area contributed by atoms with E-state index in [2.05, 4.69) is 13.8 Å². The van der Waals surface area contributed by atoms with Gasteiger partial charge in [0.05, 0.1) is 19.2 Å². The van der Waals surface area contributed by atoms with E-state index in [0.29, 0.717) is 19.0 Å². The Kier molecular flexibility index (Phi) is 24.7. The Morgan fingerprint density at radius 2 is 1.14 bits per heavy atom. The van der Waals surface area contributed by atoms with Crippen LogP contribution in [-0.4, -0.2) is 19.2 Å². The van der Waals surface area contributed by atoms with Crippen LogP contribution < -0.4 is 39.4 Å². The number of unbranched alkanes of at least 4 members (excludes halogenated alkanes) is 16. The molecular weight excluding hydrogens is 447 g/mol. The van der Waals surface area contributed by atoms with Crippen LogP contribution in [0, 0.1) is 0 Å². The van der Waals surface area contributed by atoms with Crippen molar-refractivity contribution in [1.82, 2.24) is 0 Å². The van der Waals surface area contributed by atoms with E-state index in [1.54, 1.807) is 18.2 Å². The van der Waals surface area contributed by atoms with Gasteiger partial charge in [-0.2, -0.15) is 0 Å². The fraction of sp³-hybridized carbons (Fsp3) is 0.767. The van der Waals surface area contributed by atoms with Crippen LogP contribution in [0.4, 0.5) is 0 Å². The predicted molar refractivity (Wildman–Crippen MR) is 140 cm³/mol. The maximum absolute atomic E-state index is 11.3. The Bertz CT molecular complexity index is 620. The molecule has 0 saturated carbocycles. The summed E-state index contributed by atoms with van der Waals surface area (Å²) < 4.78 is 11.8. The monoisotopic (exact) mass is 498 g/mol. The normalized spacial score (nSPS) is 10.8. The zero-order chi connectivity index (χ0) is 24.7. The SMILES string of the molecule is CCCCCCCCCCCOCc1ccc(C(=O)[O-])cc1OCCCCCCCCCCC.[Na+]. The van der Waals surface area contributed by atoms with Crippen LogP contribution >= 0.6 is 0 Å². The molecule has 0 spiro atoms. The summed E-state index contributed by atoms with van der Waals surface area (Å²) in [6.45, 7) is 6.30. The molecule has 0 N–H and O–H groups in total. The molecule has 0 aromatic heterocycles. The first-order valence-electron chi connectivity index (χ1n) is 14.2. The minimum atomic E-state index is -1.17. The van der Waals surface area contributed by atoms with Gasteiger partial charge in [0, 0.05) is 17.7 Å². The Morgan fingerprint density at radius 3 is 1.63 bits per heavy atom. The summed E-state index contributed by atoms with van der Waals surface area (Å²) in [6, 6.07) is 4.96. The van der Waals surface area contributed by atoms with Crippen molar-refractivity contribution in [3.63, 3.8) is 0 Å². The van der Waals surface area contributed by atoms with Gasteiger partial charge in [-0.1, -0.05) is 129 Å². The molecular formula is C30H51NaO4. The standard InChI is InChI=1S/C30H52O4.Na/c1-3-5-7-9-11-13-15-17-19-23-33-26-28-22-21-27(30(31)32)25-29(28)34-24-20-18-16-14-12-10-8-6-4-2;/h21-22,25H,3-20,23-24,26H2,1-2H3,(H,31,32);/q;+1/p-1. The minimum Gasteiger partial charge on any atom is -0.545 e. The van der Waals surface area contributed by atoms with Crippen LogP contribution in [0.1, 0.15) is 145 Å². The van der Waals surface area contributed by atoms with Crippen molar-refractivity contribution in [2.45, 2.75) is 136 Å². The summed E-state index contributed by atoms with van der Waals surface area (Å²) >= 11 is 0. The van der Waals surface area contributed by atoms with E-state index >= 15 is 0 Å². The molecule has 0 amide bonds. The van der Waals surface area contributed by atoms with Gasteiger partial charge in [-0.05, 0) is 18.9 Å². The summed E-state index contributed by atoms with van der Waals surface area (Å²) in [5.41, 5.74) is 1.07. The van der Waals surface area contributed by atoms with E-state index in [0.717, 1.165) is 31.4 Å². The molecule has 0 aliphatic carbocycles. The van der Waals surface area contributed by atoms with Gasteiger partial charge in [0.15, 0.2) is 0 Å². The Labute approximate surface area is 238 Å². The second kappa shape index (κ2) is 25.1. The van der Waals surface area contributed by atoms with Gasteiger partial charge in [0.25, 0.3) is 0 Å². The summed E-state index contributed by atoms with van der Waals surface area (Å²) in [4.78, 5) is 11.3. The smallest absolute Gasteiger partial charge is 0.545 e. The molecule has 0 fully saturated rings. The molecule has 0 saturated heterocycles. The molecule has 0 radical (unpaired) electrons. The minimum absolute atomic E-state index is 0. The number of ether oxygens (including phenoxy) is 2. The maximum Gasteiger partial charge on any atom is 1.00 e. The van der Waals surface area contributed by atoms with Crippen molar-refractivity contribution in [2.75, 3.05) is 13.2 Å². The maximum atomic E-state index is 11.3. The summed E-state index contributed by atoms with van der Waals surface area (Å²) in [7, 11) is 0. The van der Waals surface area contributed by atoms with Crippen molar-refractivity contribution in [3.8, 4) is 5.75 Å². The summed E-state index contributed by atoms with van der Waals surface area (Å²) in [5, 5.41) is 11.3. The van der Waals surface area contributed by atoms with Gasteiger partial charge in [-0.3, -0.25) is 0 Å². The second-order valence-corrected chi connectivity index (χ2v) is 9.67. The fourth-order valence-corrected chi connectivity index (χ4v) is 4.23. The van der Waals surface area contributed by atoms with Crippen molar-refractivity contribution in [2.24, 2.45) is 0 Å². The molecule has 35 heavy (non-hydrogen) atoms. The number of carbonyl (C=O) groups excluding carboxylic acids is 1. The van der Waals surface area contributed by atoms with Crippen molar-refractivity contribution in [3.05, 3.63) is 29.3 Å². The van der Waals surface area contributed by atoms with E-state index in [-0.39, 0.29) is 35.1 Å². The zero-order valence-electron chi connectivity index (χ0n) is 23.2. The van der Waals surface area contributed by atoms with Crippen LogP contribution in [0.15, 0.2) is 18.2 Å². The van der Waals surface area contributed by atoms with E-state index in [9.17, 15) is 9.90 Å². The van der Waals surface area contributed by atoms with Crippen LogP contribution in [0.25, 0.3) is 0 Å². The molecule has 0 atom stereocenters. The number of rotatable bonds is 24. The molecule has 4 nitrogen and oxygen atoms in total. The third-order valence-electron chi connectivity index (χ3n) is 6.46. The van der Waals surface area contributed by atoms with Gasteiger partial charge >= 0.3 is 29.6 Å². The molecule has 196 valence electrons. The van der Waals surface area contributed by atoms with E-state index in [1.807, 2.05) is 0 Å². The molecule has 0 unspecified atom stereocenters. The first-order valence-corrected chi connectivity index (χ1v) is 14.2. The topological polar surface area (TPSA) is 58.6 Å². The van der Waals surface area contributed by atoms with Gasteiger partial charge < -0.3 is 19.4 Å².